The van der Waals surface area contributed by atoms with Crippen LogP contribution >= 0.6 is 0 Å². The van der Waals surface area contributed by atoms with Gasteiger partial charge in [0, 0.05) is 6.54 Å². The van der Waals surface area contributed by atoms with Gasteiger partial charge in [0.1, 0.15) is 6.61 Å². The molecule has 1 saturated heterocycles. The molecule has 0 saturated carbocycles. The SMILES string of the molecule is CN1CCC(CNCCOCC(N)=O)CC1. The Morgan fingerprint density at radius 1 is 1.50 bits per heavy atom. The van der Waals surface area contributed by atoms with E-state index in [1.807, 2.05) is 0 Å². The Bertz CT molecular complexity index is 203. The number of hydrogen-bond donors (Lipinski definition) is 2. The van der Waals surface area contributed by atoms with E-state index in [4.69, 9.17) is 10.5 Å². The summed E-state index contributed by atoms with van der Waals surface area (Å²) < 4.78 is 5.06. The number of nitrogens with one attached hydrogen (secondary N) is 1. The Balaban J connectivity index is 1.89. The minimum Gasteiger partial charge on any atom is -0.370 e. The van der Waals surface area contributed by atoms with E-state index in [-0.39, 0.29) is 6.61 Å². The molecular weight excluding hydrogens is 206 g/mol. The predicted octanol–water partition coefficient (Wildman–Crippen LogP) is -0.580. The minimum absolute atomic E-state index is 0.0237. The van der Waals surface area contributed by atoms with Gasteiger partial charge in [0.15, 0.2) is 0 Å². The van der Waals surface area contributed by atoms with Gasteiger partial charge in [-0.05, 0) is 45.4 Å². The van der Waals surface area contributed by atoms with Crippen molar-refractivity contribution in [3.63, 3.8) is 0 Å². The van der Waals surface area contributed by atoms with Crippen LogP contribution in [0.15, 0.2) is 0 Å². The van der Waals surface area contributed by atoms with Gasteiger partial charge in [-0.25, -0.2) is 0 Å². The number of piperidine rings is 1. The fourth-order valence-electron chi connectivity index (χ4n) is 1.89. The maximum atomic E-state index is 10.4. The highest BCUT2D eigenvalue weighted by Gasteiger charge is 2.15. The number of nitrogens with zero attached hydrogens (tertiary/aromatic N) is 1. The van der Waals surface area contributed by atoms with Crippen LogP contribution in [0.4, 0.5) is 0 Å². The number of carbonyl (C=O) groups is 1. The fraction of sp³-hybridized carbons (Fsp3) is 0.909. The van der Waals surface area contributed by atoms with Crippen LogP contribution in [0, 0.1) is 5.92 Å². The molecule has 0 atom stereocenters. The second-order valence-electron chi connectivity index (χ2n) is 4.47. The first kappa shape index (κ1) is 13.4. The Labute approximate surface area is 97.3 Å². The van der Waals surface area contributed by atoms with Crippen LogP contribution in [-0.2, 0) is 9.53 Å². The average molecular weight is 229 g/mol. The molecule has 3 N–H and O–H groups in total. The maximum Gasteiger partial charge on any atom is 0.243 e. The molecule has 5 nitrogen and oxygen atoms in total. The number of amides is 1. The monoisotopic (exact) mass is 229 g/mol. The third-order valence-corrected chi connectivity index (χ3v) is 2.94. The topological polar surface area (TPSA) is 67.6 Å². The lowest BCUT2D eigenvalue weighted by molar-refractivity contribution is -0.122. The molecule has 1 heterocycles. The van der Waals surface area contributed by atoms with E-state index in [1.165, 1.54) is 25.9 Å². The van der Waals surface area contributed by atoms with Gasteiger partial charge >= 0.3 is 0 Å². The molecule has 0 radical (unpaired) electrons. The molecule has 0 bridgehead atoms. The van der Waals surface area contributed by atoms with Crippen LogP contribution in [0.3, 0.4) is 0 Å². The summed E-state index contributed by atoms with van der Waals surface area (Å²) in [7, 11) is 2.17. The van der Waals surface area contributed by atoms with Crippen LogP contribution in [0.2, 0.25) is 0 Å². The summed E-state index contributed by atoms with van der Waals surface area (Å²) in [6.07, 6.45) is 2.54. The third-order valence-electron chi connectivity index (χ3n) is 2.94. The van der Waals surface area contributed by atoms with Crippen molar-refractivity contribution in [2.24, 2.45) is 11.7 Å². The van der Waals surface area contributed by atoms with E-state index in [9.17, 15) is 4.79 Å². The van der Waals surface area contributed by atoms with Crippen LogP contribution in [0.1, 0.15) is 12.8 Å². The summed E-state index contributed by atoms with van der Waals surface area (Å²) in [5.74, 6) is 0.377. The maximum absolute atomic E-state index is 10.4. The van der Waals surface area contributed by atoms with E-state index in [0.717, 1.165) is 19.0 Å². The highest BCUT2D eigenvalue weighted by atomic mass is 16.5. The van der Waals surface area contributed by atoms with Gasteiger partial charge in [0.05, 0.1) is 6.61 Å². The molecule has 0 aliphatic carbocycles. The lowest BCUT2D eigenvalue weighted by Crippen LogP contribution is -2.36. The lowest BCUT2D eigenvalue weighted by atomic mass is 9.97. The largest absolute Gasteiger partial charge is 0.370 e. The van der Waals surface area contributed by atoms with Crippen molar-refractivity contribution in [3.05, 3.63) is 0 Å². The predicted molar refractivity (Wildman–Crippen MR) is 63.1 cm³/mol. The average Bonchev–Trinajstić information content (AvgIpc) is 2.25. The van der Waals surface area contributed by atoms with Crippen molar-refractivity contribution in [3.8, 4) is 0 Å². The molecule has 1 aliphatic heterocycles. The summed E-state index contributed by atoms with van der Waals surface area (Å²) in [4.78, 5) is 12.7. The van der Waals surface area contributed by atoms with Gasteiger partial charge in [0.25, 0.3) is 0 Å². The molecule has 1 rings (SSSR count). The van der Waals surface area contributed by atoms with Gasteiger partial charge in [-0.1, -0.05) is 0 Å². The van der Waals surface area contributed by atoms with Crippen molar-refractivity contribution >= 4 is 5.91 Å². The molecule has 1 amide bonds. The Hall–Kier alpha value is -0.650. The fourth-order valence-corrected chi connectivity index (χ4v) is 1.89. The zero-order valence-electron chi connectivity index (χ0n) is 10.1. The molecule has 0 spiro atoms. The number of carbonyl (C=O) groups excluding carboxylic acids is 1. The summed E-state index contributed by atoms with van der Waals surface area (Å²) in [5.41, 5.74) is 4.95. The first-order valence-electron chi connectivity index (χ1n) is 5.94. The van der Waals surface area contributed by atoms with Gasteiger partial charge in [-0.3, -0.25) is 4.79 Å². The van der Waals surface area contributed by atoms with Crippen LogP contribution in [-0.4, -0.2) is 57.2 Å². The van der Waals surface area contributed by atoms with Crippen LogP contribution in [0.5, 0.6) is 0 Å². The zero-order chi connectivity index (χ0) is 11.8. The molecule has 0 unspecified atom stereocenters. The number of nitrogens with two attached hydrogens (primary N) is 1. The first-order valence-corrected chi connectivity index (χ1v) is 5.94. The highest BCUT2D eigenvalue weighted by Crippen LogP contribution is 2.14. The number of primary amides is 1. The summed E-state index contributed by atoms with van der Waals surface area (Å²) in [5, 5.41) is 3.35. The third kappa shape index (κ3) is 6.05. The summed E-state index contributed by atoms with van der Waals surface area (Å²) in [6, 6.07) is 0. The van der Waals surface area contributed by atoms with Gasteiger partial charge in [-0.2, -0.15) is 0 Å². The molecule has 1 fully saturated rings. The standard InChI is InChI=1S/C11H23N3O2/c1-14-5-2-10(3-6-14)8-13-4-7-16-9-11(12)15/h10,13H,2-9H2,1H3,(H2,12,15). The molecule has 0 aromatic rings. The van der Waals surface area contributed by atoms with Crippen LogP contribution < -0.4 is 11.1 Å². The minimum atomic E-state index is -0.407. The van der Waals surface area contributed by atoms with Crippen molar-refractivity contribution in [2.75, 3.05) is 46.4 Å². The number of ether oxygens (including phenoxy) is 1. The van der Waals surface area contributed by atoms with E-state index in [0.29, 0.717) is 6.61 Å². The van der Waals surface area contributed by atoms with E-state index in [1.54, 1.807) is 0 Å². The normalized spacial score (nSPS) is 18.8. The summed E-state index contributed by atoms with van der Waals surface area (Å²) in [6.45, 7) is 4.81. The second-order valence-corrected chi connectivity index (χ2v) is 4.47. The van der Waals surface area contributed by atoms with Gasteiger partial charge in [0.2, 0.25) is 5.91 Å². The van der Waals surface area contributed by atoms with Crippen LogP contribution in [0.25, 0.3) is 0 Å². The van der Waals surface area contributed by atoms with Crippen molar-refractivity contribution in [1.82, 2.24) is 10.2 Å². The smallest absolute Gasteiger partial charge is 0.243 e. The Kier molecular flexibility index (Phi) is 6.37. The van der Waals surface area contributed by atoms with Crippen molar-refractivity contribution in [1.29, 1.82) is 0 Å². The molecule has 5 heteroatoms. The highest BCUT2D eigenvalue weighted by molar-refractivity contribution is 5.74. The molecule has 0 aromatic heterocycles. The van der Waals surface area contributed by atoms with E-state index < -0.39 is 5.91 Å². The van der Waals surface area contributed by atoms with Crippen molar-refractivity contribution in [2.45, 2.75) is 12.8 Å². The van der Waals surface area contributed by atoms with Crippen molar-refractivity contribution < 1.29 is 9.53 Å². The van der Waals surface area contributed by atoms with Gasteiger partial charge < -0.3 is 20.7 Å². The second kappa shape index (κ2) is 7.60. The number of rotatable bonds is 7. The molecular formula is C11H23N3O2. The number of likely N-dealkylation sites (tertiary alicyclic amines) is 1. The van der Waals surface area contributed by atoms with E-state index in [2.05, 4.69) is 17.3 Å². The molecule has 0 aromatic carbocycles. The van der Waals surface area contributed by atoms with Gasteiger partial charge in [-0.15, -0.1) is 0 Å². The molecule has 1 aliphatic rings. The van der Waals surface area contributed by atoms with E-state index >= 15 is 0 Å². The zero-order valence-corrected chi connectivity index (χ0v) is 10.1. The number of hydrogen-bond acceptors (Lipinski definition) is 4. The first-order chi connectivity index (χ1) is 7.68. The Morgan fingerprint density at radius 3 is 2.81 bits per heavy atom. The Morgan fingerprint density at radius 2 is 2.19 bits per heavy atom. The quantitative estimate of drug-likeness (QED) is 0.573. The molecule has 94 valence electrons. The lowest BCUT2D eigenvalue weighted by Gasteiger charge is -2.29. The molecule has 16 heavy (non-hydrogen) atoms. The summed E-state index contributed by atoms with van der Waals surface area (Å²) >= 11 is 0.